The Morgan fingerprint density at radius 3 is 2.85 bits per heavy atom. The van der Waals surface area contributed by atoms with Crippen LogP contribution >= 0.6 is 0 Å². The van der Waals surface area contributed by atoms with E-state index in [1.807, 2.05) is 24.4 Å². The highest BCUT2D eigenvalue weighted by Crippen LogP contribution is 2.16. The van der Waals surface area contributed by atoms with E-state index in [1.165, 1.54) is 17.7 Å². The van der Waals surface area contributed by atoms with Gasteiger partial charge in [-0.1, -0.05) is 30.3 Å². The molecule has 27 heavy (non-hydrogen) atoms. The Kier molecular flexibility index (Phi) is 4.70. The molecular weight excluding hydrogens is 343 g/mol. The Morgan fingerprint density at radius 1 is 1.15 bits per heavy atom. The summed E-state index contributed by atoms with van der Waals surface area (Å²) in [6.45, 7) is 1.21. The summed E-state index contributed by atoms with van der Waals surface area (Å²) in [5.41, 5.74) is 2.36. The lowest BCUT2D eigenvalue weighted by molar-refractivity contribution is 0.0949. The predicted octanol–water partition coefficient (Wildman–Crippen LogP) is 3.52. The highest BCUT2D eigenvalue weighted by Gasteiger charge is 2.10. The molecular formula is C21H19FN4O. The van der Waals surface area contributed by atoms with E-state index in [2.05, 4.69) is 32.0 Å². The molecule has 0 saturated heterocycles. The first-order valence-electron chi connectivity index (χ1n) is 8.79. The minimum atomic E-state index is -0.321. The van der Waals surface area contributed by atoms with Gasteiger partial charge < -0.3 is 14.9 Å². The normalized spacial score (nSPS) is 11.0. The average molecular weight is 362 g/mol. The summed E-state index contributed by atoms with van der Waals surface area (Å²) in [5.74, 6) is 0.379. The van der Waals surface area contributed by atoms with E-state index in [1.54, 1.807) is 18.3 Å². The Labute approximate surface area is 155 Å². The summed E-state index contributed by atoms with van der Waals surface area (Å²) < 4.78 is 15.4. The number of hydrogen-bond acceptors (Lipinski definition) is 2. The van der Waals surface area contributed by atoms with Gasteiger partial charge in [-0.25, -0.2) is 9.37 Å². The smallest absolute Gasteiger partial charge is 0.267 e. The van der Waals surface area contributed by atoms with Gasteiger partial charge in [0.15, 0.2) is 0 Å². The number of halogens is 1. The van der Waals surface area contributed by atoms with Gasteiger partial charge in [0.1, 0.15) is 17.3 Å². The fourth-order valence-corrected chi connectivity index (χ4v) is 3.10. The Bertz CT molecular complexity index is 1070. The van der Waals surface area contributed by atoms with Crippen molar-refractivity contribution in [3.8, 4) is 0 Å². The van der Waals surface area contributed by atoms with Gasteiger partial charge >= 0.3 is 0 Å². The number of fused-ring (bicyclic) bond motifs is 1. The number of aromatic amines is 1. The van der Waals surface area contributed by atoms with Crippen molar-refractivity contribution in [3.05, 3.63) is 89.9 Å². The monoisotopic (exact) mass is 362 g/mol. The number of amides is 1. The number of imidazole rings is 1. The van der Waals surface area contributed by atoms with Crippen molar-refractivity contribution < 1.29 is 9.18 Å². The average Bonchev–Trinajstić information content (AvgIpc) is 3.29. The lowest BCUT2D eigenvalue weighted by atomic mass is 10.2. The molecule has 0 bridgehead atoms. The van der Waals surface area contributed by atoms with Crippen LogP contribution < -0.4 is 5.32 Å². The van der Waals surface area contributed by atoms with Crippen molar-refractivity contribution in [1.29, 1.82) is 0 Å². The molecule has 0 aliphatic carbocycles. The fourth-order valence-electron chi connectivity index (χ4n) is 3.10. The van der Waals surface area contributed by atoms with Gasteiger partial charge in [-0.3, -0.25) is 4.79 Å². The lowest BCUT2D eigenvalue weighted by Crippen LogP contribution is -2.26. The molecule has 4 aromatic rings. The van der Waals surface area contributed by atoms with E-state index in [0.717, 1.165) is 17.9 Å². The third kappa shape index (κ3) is 3.89. The van der Waals surface area contributed by atoms with Crippen molar-refractivity contribution in [1.82, 2.24) is 19.9 Å². The van der Waals surface area contributed by atoms with E-state index in [-0.39, 0.29) is 11.7 Å². The van der Waals surface area contributed by atoms with Crippen molar-refractivity contribution in [2.45, 2.75) is 13.0 Å². The number of carbonyl (C=O) groups excluding carboxylic acids is 1. The van der Waals surface area contributed by atoms with Crippen LogP contribution in [0.4, 0.5) is 4.39 Å². The Balaban J connectivity index is 1.37. The summed E-state index contributed by atoms with van der Waals surface area (Å²) in [5, 5.41) is 3.57. The largest absolute Gasteiger partial charge is 0.351 e. The minimum absolute atomic E-state index is 0.215. The highest BCUT2D eigenvalue weighted by molar-refractivity contribution is 5.97. The van der Waals surface area contributed by atoms with Gasteiger partial charge in [-0.2, -0.15) is 0 Å². The number of rotatable bonds is 6. The molecule has 6 heteroatoms. The molecule has 5 nitrogen and oxygen atoms in total. The third-order valence-electron chi connectivity index (χ3n) is 4.46. The molecule has 0 fully saturated rings. The molecule has 2 heterocycles. The molecule has 0 spiro atoms. The number of benzene rings is 2. The fraction of sp³-hybridized carbons (Fsp3) is 0.143. The quantitative estimate of drug-likeness (QED) is 0.551. The summed E-state index contributed by atoms with van der Waals surface area (Å²) in [4.78, 5) is 19.7. The highest BCUT2D eigenvalue weighted by atomic mass is 19.1. The Morgan fingerprint density at radius 2 is 2.00 bits per heavy atom. The van der Waals surface area contributed by atoms with Crippen LogP contribution in [0.1, 0.15) is 21.9 Å². The zero-order chi connectivity index (χ0) is 18.6. The van der Waals surface area contributed by atoms with Crippen LogP contribution in [0.5, 0.6) is 0 Å². The second-order valence-electron chi connectivity index (χ2n) is 6.38. The summed E-state index contributed by atoms with van der Waals surface area (Å²) in [6, 6.07) is 16.2. The van der Waals surface area contributed by atoms with Crippen LogP contribution in [-0.2, 0) is 13.0 Å². The maximum atomic E-state index is 13.3. The van der Waals surface area contributed by atoms with Crippen LogP contribution in [0.25, 0.3) is 10.9 Å². The molecule has 0 unspecified atom stereocenters. The third-order valence-corrected chi connectivity index (χ3v) is 4.46. The van der Waals surface area contributed by atoms with Crippen LogP contribution in [0.15, 0.2) is 67.0 Å². The van der Waals surface area contributed by atoms with Crippen LogP contribution in [0.2, 0.25) is 0 Å². The first-order valence-corrected chi connectivity index (χ1v) is 8.79. The van der Waals surface area contributed by atoms with E-state index in [4.69, 9.17) is 0 Å². The van der Waals surface area contributed by atoms with Gasteiger partial charge in [0.25, 0.3) is 5.91 Å². The molecule has 2 aromatic carbocycles. The van der Waals surface area contributed by atoms with Crippen molar-refractivity contribution in [2.75, 3.05) is 6.54 Å². The molecule has 0 atom stereocenters. The zero-order valence-corrected chi connectivity index (χ0v) is 14.7. The second kappa shape index (κ2) is 7.45. The van der Waals surface area contributed by atoms with Gasteiger partial charge in [-0.15, -0.1) is 0 Å². The number of hydrogen-bond donors (Lipinski definition) is 2. The van der Waals surface area contributed by atoms with Crippen LogP contribution in [0, 0.1) is 5.82 Å². The number of aromatic nitrogens is 3. The number of nitrogens with one attached hydrogen (secondary N) is 2. The van der Waals surface area contributed by atoms with Crippen LogP contribution in [-0.4, -0.2) is 27.0 Å². The zero-order valence-electron chi connectivity index (χ0n) is 14.7. The topological polar surface area (TPSA) is 62.7 Å². The number of carbonyl (C=O) groups is 1. The summed E-state index contributed by atoms with van der Waals surface area (Å²) >= 11 is 0. The molecule has 0 saturated carbocycles. The van der Waals surface area contributed by atoms with Crippen LogP contribution in [0.3, 0.4) is 0 Å². The first-order chi connectivity index (χ1) is 13.2. The molecule has 0 radical (unpaired) electrons. The number of nitrogens with zero attached hydrogens (tertiary/aromatic N) is 2. The van der Waals surface area contributed by atoms with E-state index in [9.17, 15) is 9.18 Å². The van der Waals surface area contributed by atoms with E-state index in [0.29, 0.717) is 24.0 Å². The maximum Gasteiger partial charge on any atom is 0.267 e. The SMILES string of the molecule is O=C(NCCc1nccn1Cc1ccccc1)c1cc2cc(F)ccc2[nH]1. The Hall–Kier alpha value is -3.41. The standard InChI is InChI=1S/C21H19FN4O/c22-17-6-7-18-16(12-17)13-19(25-18)21(27)24-9-8-20-23-10-11-26(20)14-15-4-2-1-3-5-15/h1-7,10-13,25H,8-9,14H2,(H,24,27). The van der Waals surface area contributed by atoms with Gasteiger partial charge in [-0.05, 0) is 29.8 Å². The first kappa shape index (κ1) is 17.0. The van der Waals surface area contributed by atoms with E-state index < -0.39 is 0 Å². The van der Waals surface area contributed by atoms with Crippen molar-refractivity contribution in [2.24, 2.45) is 0 Å². The molecule has 0 aliphatic rings. The molecule has 2 N–H and O–H groups in total. The molecule has 2 aromatic heterocycles. The molecule has 0 aliphatic heterocycles. The summed E-state index contributed by atoms with van der Waals surface area (Å²) in [6.07, 6.45) is 4.34. The second-order valence-corrected chi connectivity index (χ2v) is 6.38. The predicted molar refractivity (Wildman–Crippen MR) is 102 cm³/mol. The molecule has 1 amide bonds. The maximum absolute atomic E-state index is 13.3. The van der Waals surface area contributed by atoms with Gasteiger partial charge in [0.05, 0.1) is 0 Å². The number of H-pyrrole nitrogens is 1. The minimum Gasteiger partial charge on any atom is -0.351 e. The lowest BCUT2D eigenvalue weighted by Gasteiger charge is -2.08. The van der Waals surface area contributed by atoms with Crippen molar-refractivity contribution >= 4 is 16.8 Å². The van der Waals surface area contributed by atoms with Gasteiger partial charge in [0.2, 0.25) is 0 Å². The van der Waals surface area contributed by atoms with Gasteiger partial charge in [0, 0.05) is 42.8 Å². The molecule has 136 valence electrons. The molecule has 4 rings (SSSR count). The summed E-state index contributed by atoms with van der Waals surface area (Å²) in [7, 11) is 0. The van der Waals surface area contributed by atoms with Crippen molar-refractivity contribution in [3.63, 3.8) is 0 Å². The van der Waals surface area contributed by atoms with E-state index >= 15 is 0 Å².